The van der Waals surface area contributed by atoms with E-state index in [2.05, 4.69) is 45.2 Å². The van der Waals surface area contributed by atoms with E-state index < -0.39 is 0 Å². The monoisotopic (exact) mass is 430 g/mol. The van der Waals surface area contributed by atoms with E-state index in [9.17, 15) is 4.79 Å². The maximum absolute atomic E-state index is 12.9. The van der Waals surface area contributed by atoms with E-state index in [0.29, 0.717) is 12.8 Å². The number of thiophene rings is 1. The molecule has 5 rings (SSSR count). The van der Waals surface area contributed by atoms with Crippen LogP contribution in [0.3, 0.4) is 0 Å². The minimum atomic E-state index is 0.224. The number of hydrogen-bond acceptors (Lipinski definition) is 4. The van der Waals surface area contributed by atoms with E-state index in [1.165, 1.54) is 4.88 Å². The number of carbonyl (C=O) groups excluding carboxylic acids is 1. The van der Waals surface area contributed by atoms with E-state index in [4.69, 9.17) is 4.98 Å². The SMILES string of the molecule is O=C(CCc1nc2ccccc2n1-c1ccccc1)N1CCN(Cc2cccs2)CC1. The van der Waals surface area contributed by atoms with Crippen LogP contribution in [0.15, 0.2) is 72.1 Å². The van der Waals surface area contributed by atoms with Crippen molar-refractivity contribution in [1.29, 1.82) is 0 Å². The molecule has 0 saturated carbocycles. The van der Waals surface area contributed by atoms with Gasteiger partial charge in [-0.05, 0) is 35.7 Å². The molecule has 0 atom stereocenters. The van der Waals surface area contributed by atoms with Crippen LogP contribution in [0.1, 0.15) is 17.1 Å². The molecule has 2 aromatic carbocycles. The topological polar surface area (TPSA) is 41.4 Å². The number of fused-ring (bicyclic) bond motifs is 1. The third-order valence-electron chi connectivity index (χ3n) is 5.89. The van der Waals surface area contributed by atoms with Gasteiger partial charge in [-0.15, -0.1) is 11.3 Å². The molecule has 0 bridgehead atoms. The Bertz CT molecular complexity index is 1140. The molecule has 0 N–H and O–H groups in total. The summed E-state index contributed by atoms with van der Waals surface area (Å²) in [5.74, 6) is 1.17. The van der Waals surface area contributed by atoms with Crippen LogP contribution in [-0.4, -0.2) is 51.4 Å². The Kier molecular flexibility index (Phi) is 5.82. The smallest absolute Gasteiger partial charge is 0.223 e. The lowest BCUT2D eigenvalue weighted by atomic mass is 10.2. The maximum atomic E-state index is 12.9. The van der Waals surface area contributed by atoms with E-state index in [-0.39, 0.29) is 5.91 Å². The van der Waals surface area contributed by atoms with E-state index >= 15 is 0 Å². The summed E-state index contributed by atoms with van der Waals surface area (Å²) in [5.41, 5.74) is 3.13. The second kappa shape index (κ2) is 9.04. The fourth-order valence-corrected chi connectivity index (χ4v) is 5.01. The normalized spacial score (nSPS) is 14.9. The predicted octanol–water partition coefficient (Wildman–Crippen LogP) is 4.36. The van der Waals surface area contributed by atoms with Crippen LogP contribution in [-0.2, 0) is 17.8 Å². The number of aryl methyl sites for hydroxylation is 1. The highest BCUT2D eigenvalue weighted by atomic mass is 32.1. The molecule has 1 amide bonds. The standard InChI is InChI=1S/C25H26N4OS/c30-25(28-16-14-27(15-17-28)19-21-9-6-18-31-21)13-12-24-26-22-10-4-5-11-23(22)29(24)20-7-2-1-3-8-20/h1-11,18H,12-17,19H2. The third kappa shape index (κ3) is 4.40. The first-order valence-corrected chi connectivity index (χ1v) is 11.7. The van der Waals surface area contributed by atoms with E-state index in [0.717, 1.165) is 55.3 Å². The van der Waals surface area contributed by atoms with E-state index in [1.807, 2.05) is 41.3 Å². The lowest BCUT2D eigenvalue weighted by Crippen LogP contribution is -2.48. The first-order valence-electron chi connectivity index (χ1n) is 10.8. The minimum absolute atomic E-state index is 0.224. The Hall–Kier alpha value is -2.96. The molecule has 1 aliphatic heterocycles. The van der Waals surface area contributed by atoms with Gasteiger partial charge in [0.05, 0.1) is 11.0 Å². The van der Waals surface area contributed by atoms with E-state index in [1.54, 1.807) is 11.3 Å². The first kappa shape index (κ1) is 20.0. The van der Waals surface area contributed by atoms with Gasteiger partial charge in [0.1, 0.15) is 5.82 Å². The Morgan fingerprint density at radius 2 is 1.68 bits per heavy atom. The molecule has 1 saturated heterocycles. The van der Waals surface area contributed by atoms with Crippen molar-refractivity contribution in [3.8, 4) is 5.69 Å². The van der Waals surface area contributed by atoms with Gasteiger partial charge in [0, 0.05) is 56.1 Å². The van der Waals surface area contributed by atoms with Crippen LogP contribution in [0.5, 0.6) is 0 Å². The molecule has 6 heteroatoms. The summed E-state index contributed by atoms with van der Waals surface area (Å²) in [5, 5.41) is 2.12. The summed E-state index contributed by atoms with van der Waals surface area (Å²) in [6.07, 6.45) is 1.12. The summed E-state index contributed by atoms with van der Waals surface area (Å²) in [4.78, 5) is 23.6. The molecule has 4 aromatic rings. The van der Waals surface area contributed by atoms with Gasteiger partial charge < -0.3 is 4.90 Å². The Morgan fingerprint density at radius 1 is 0.903 bits per heavy atom. The number of rotatable bonds is 6. The van der Waals surface area contributed by atoms with Crippen LogP contribution in [0, 0.1) is 0 Å². The molecule has 1 aliphatic rings. The number of amides is 1. The molecule has 2 aromatic heterocycles. The first-order chi connectivity index (χ1) is 15.3. The number of piperazine rings is 1. The van der Waals surface area contributed by atoms with Crippen molar-refractivity contribution in [2.75, 3.05) is 26.2 Å². The molecule has 158 valence electrons. The van der Waals surface area contributed by atoms with Gasteiger partial charge in [-0.25, -0.2) is 4.98 Å². The summed E-state index contributed by atoms with van der Waals surface area (Å²) in [6.45, 7) is 4.47. The second-order valence-electron chi connectivity index (χ2n) is 7.92. The molecule has 0 aliphatic carbocycles. The number of para-hydroxylation sites is 3. The molecule has 5 nitrogen and oxygen atoms in total. The van der Waals surface area contributed by atoms with Crippen LogP contribution in [0.4, 0.5) is 0 Å². The maximum Gasteiger partial charge on any atom is 0.223 e. The lowest BCUT2D eigenvalue weighted by molar-refractivity contribution is -0.133. The molecule has 0 spiro atoms. The molecule has 0 radical (unpaired) electrons. The van der Waals surface area contributed by atoms with Gasteiger partial charge in [0.2, 0.25) is 5.91 Å². The molecule has 31 heavy (non-hydrogen) atoms. The molecule has 3 heterocycles. The van der Waals surface area contributed by atoms with Crippen molar-refractivity contribution in [3.63, 3.8) is 0 Å². The highest BCUT2D eigenvalue weighted by molar-refractivity contribution is 7.09. The Morgan fingerprint density at radius 3 is 2.45 bits per heavy atom. The Balaban J connectivity index is 1.25. The molecular formula is C25H26N4OS. The van der Waals surface area contributed by atoms with Gasteiger partial charge in [0.25, 0.3) is 0 Å². The van der Waals surface area contributed by atoms with Crippen molar-refractivity contribution in [3.05, 3.63) is 82.8 Å². The highest BCUT2D eigenvalue weighted by Crippen LogP contribution is 2.22. The molecular weight excluding hydrogens is 404 g/mol. The van der Waals surface area contributed by atoms with Crippen LogP contribution in [0.25, 0.3) is 16.7 Å². The third-order valence-corrected chi connectivity index (χ3v) is 6.75. The van der Waals surface area contributed by atoms with Gasteiger partial charge in [-0.3, -0.25) is 14.3 Å². The zero-order valence-electron chi connectivity index (χ0n) is 17.5. The van der Waals surface area contributed by atoms with Gasteiger partial charge in [0.15, 0.2) is 0 Å². The number of imidazole rings is 1. The molecule has 1 fully saturated rings. The summed E-state index contributed by atoms with van der Waals surface area (Å²) in [7, 11) is 0. The van der Waals surface area contributed by atoms with Crippen LogP contribution in [0.2, 0.25) is 0 Å². The van der Waals surface area contributed by atoms with Gasteiger partial charge in [-0.1, -0.05) is 36.4 Å². The van der Waals surface area contributed by atoms with Crippen LogP contribution < -0.4 is 0 Å². The number of hydrogen-bond donors (Lipinski definition) is 0. The van der Waals surface area contributed by atoms with Gasteiger partial charge in [-0.2, -0.15) is 0 Å². The largest absolute Gasteiger partial charge is 0.340 e. The molecule has 0 unspecified atom stereocenters. The van der Waals surface area contributed by atoms with Gasteiger partial charge >= 0.3 is 0 Å². The number of carbonyl (C=O) groups is 1. The zero-order valence-corrected chi connectivity index (χ0v) is 18.3. The quantitative estimate of drug-likeness (QED) is 0.456. The summed E-state index contributed by atoms with van der Waals surface area (Å²) >= 11 is 1.80. The fourth-order valence-electron chi connectivity index (χ4n) is 4.26. The highest BCUT2D eigenvalue weighted by Gasteiger charge is 2.22. The predicted molar refractivity (Wildman–Crippen MR) is 126 cm³/mol. The summed E-state index contributed by atoms with van der Waals surface area (Å²) < 4.78 is 2.18. The lowest BCUT2D eigenvalue weighted by Gasteiger charge is -2.34. The number of nitrogens with zero attached hydrogens (tertiary/aromatic N) is 4. The summed E-state index contributed by atoms with van der Waals surface area (Å²) in [6, 6.07) is 22.7. The average Bonchev–Trinajstić information content (AvgIpc) is 3.46. The minimum Gasteiger partial charge on any atom is -0.340 e. The Labute approximate surface area is 186 Å². The number of benzene rings is 2. The van der Waals surface area contributed by atoms with Crippen molar-refractivity contribution in [2.45, 2.75) is 19.4 Å². The van der Waals surface area contributed by atoms with Crippen LogP contribution >= 0.6 is 11.3 Å². The van der Waals surface area contributed by atoms with Crippen molar-refractivity contribution in [1.82, 2.24) is 19.4 Å². The number of aromatic nitrogens is 2. The van der Waals surface area contributed by atoms with Crippen molar-refractivity contribution < 1.29 is 4.79 Å². The van der Waals surface area contributed by atoms with Crippen molar-refractivity contribution >= 4 is 28.3 Å². The fraction of sp³-hybridized carbons (Fsp3) is 0.280. The second-order valence-corrected chi connectivity index (χ2v) is 8.96. The average molecular weight is 431 g/mol. The van der Waals surface area contributed by atoms with Crippen molar-refractivity contribution in [2.24, 2.45) is 0 Å². The zero-order chi connectivity index (χ0) is 21.0.